The van der Waals surface area contributed by atoms with Gasteiger partial charge in [0.05, 0.1) is 0 Å². The van der Waals surface area contributed by atoms with Gasteiger partial charge in [0.15, 0.2) is 5.52 Å². The predicted molar refractivity (Wildman–Crippen MR) is 46.4 cm³/mol. The molecule has 7 nitrogen and oxygen atoms in total. The number of aryl methyl sites for hydroxylation is 1. The summed E-state index contributed by atoms with van der Waals surface area (Å²) in [4.78, 5) is 30.3. The van der Waals surface area contributed by atoms with Crippen LogP contribution in [0.2, 0.25) is 0 Å². The molecule has 7 heteroatoms. The van der Waals surface area contributed by atoms with Crippen LogP contribution >= 0.6 is 0 Å². The smallest absolute Gasteiger partial charge is 0.325 e. The highest BCUT2D eigenvalue weighted by Crippen LogP contribution is 2.02. The molecule has 0 radical (unpaired) electrons. The summed E-state index contributed by atoms with van der Waals surface area (Å²) >= 11 is 0. The number of fused-ring (bicyclic) bond motifs is 1. The molecule has 0 aliphatic carbocycles. The van der Waals surface area contributed by atoms with Crippen molar-refractivity contribution < 1.29 is 0 Å². The monoisotopic (exact) mass is 181 g/mol. The maximum atomic E-state index is 11.2. The van der Waals surface area contributed by atoms with E-state index in [1.807, 2.05) is 0 Å². The number of aromatic nitrogens is 4. The summed E-state index contributed by atoms with van der Waals surface area (Å²) in [5.41, 5.74) is 4.91. The van der Waals surface area contributed by atoms with Gasteiger partial charge in [-0.2, -0.15) is 4.98 Å². The molecule has 0 saturated heterocycles. The zero-order chi connectivity index (χ0) is 9.59. The molecular weight excluding hydrogens is 174 g/mol. The summed E-state index contributed by atoms with van der Waals surface area (Å²) in [5, 5.41) is 0. The molecule has 68 valence electrons. The summed E-state index contributed by atoms with van der Waals surface area (Å²) in [6, 6.07) is 0. The minimum absolute atomic E-state index is 0.0627. The van der Waals surface area contributed by atoms with E-state index in [1.165, 1.54) is 4.57 Å². The third-order valence-electron chi connectivity index (χ3n) is 1.82. The standard InChI is InChI=1S/C6H7N5O2/c1-11-3-2(8-6(13)9-3)4(12)10-5(11)7/h1H3,(H2,7,10,12)(H2,8,9,13). The van der Waals surface area contributed by atoms with Gasteiger partial charge in [0.1, 0.15) is 5.65 Å². The Kier molecular flexibility index (Phi) is 1.30. The second-order valence-electron chi connectivity index (χ2n) is 2.64. The molecule has 0 saturated carbocycles. The molecule has 0 aromatic carbocycles. The van der Waals surface area contributed by atoms with Crippen LogP contribution in [0, 0.1) is 0 Å². The second-order valence-corrected chi connectivity index (χ2v) is 2.64. The van der Waals surface area contributed by atoms with Crippen molar-refractivity contribution in [2.45, 2.75) is 0 Å². The van der Waals surface area contributed by atoms with Gasteiger partial charge in [-0.25, -0.2) is 4.79 Å². The number of nitrogens with zero attached hydrogens (tertiary/aromatic N) is 2. The molecule has 2 aromatic heterocycles. The Morgan fingerprint density at radius 2 is 2.08 bits per heavy atom. The molecule has 2 rings (SSSR count). The minimum atomic E-state index is -0.538. The van der Waals surface area contributed by atoms with E-state index in [-0.39, 0.29) is 11.5 Å². The number of aromatic amines is 2. The third kappa shape index (κ3) is 0.934. The van der Waals surface area contributed by atoms with Gasteiger partial charge in [0.2, 0.25) is 5.95 Å². The lowest BCUT2D eigenvalue weighted by Crippen LogP contribution is -2.15. The van der Waals surface area contributed by atoms with E-state index in [4.69, 9.17) is 5.73 Å². The Morgan fingerprint density at radius 1 is 1.38 bits per heavy atom. The lowest BCUT2D eigenvalue weighted by Gasteiger charge is -2.01. The van der Waals surface area contributed by atoms with Crippen molar-refractivity contribution in [1.29, 1.82) is 0 Å². The fourth-order valence-electron chi connectivity index (χ4n) is 1.13. The van der Waals surface area contributed by atoms with Crippen LogP contribution in [0.1, 0.15) is 0 Å². The third-order valence-corrected chi connectivity index (χ3v) is 1.82. The molecule has 4 N–H and O–H groups in total. The van der Waals surface area contributed by atoms with Crippen molar-refractivity contribution in [2.75, 3.05) is 5.73 Å². The van der Waals surface area contributed by atoms with Gasteiger partial charge in [0.25, 0.3) is 0 Å². The Bertz CT molecular complexity index is 575. The first-order valence-corrected chi connectivity index (χ1v) is 3.54. The molecule has 0 fully saturated rings. The normalized spacial score (nSPS) is 10.8. The summed E-state index contributed by atoms with van der Waals surface area (Å²) < 4.78 is 1.43. The van der Waals surface area contributed by atoms with Gasteiger partial charge >= 0.3 is 11.2 Å². The van der Waals surface area contributed by atoms with E-state index < -0.39 is 11.2 Å². The maximum absolute atomic E-state index is 11.2. The van der Waals surface area contributed by atoms with Gasteiger partial charge in [-0.05, 0) is 0 Å². The van der Waals surface area contributed by atoms with Crippen molar-refractivity contribution in [3.05, 3.63) is 20.8 Å². The number of nitrogen functional groups attached to an aromatic ring is 1. The average molecular weight is 181 g/mol. The first kappa shape index (κ1) is 7.59. The van der Waals surface area contributed by atoms with Crippen molar-refractivity contribution in [3.8, 4) is 0 Å². The van der Waals surface area contributed by atoms with Gasteiger partial charge < -0.3 is 5.73 Å². The molecule has 0 atom stereocenters. The van der Waals surface area contributed by atoms with Crippen LogP contribution in [0.15, 0.2) is 9.59 Å². The number of hydrogen-bond acceptors (Lipinski definition) is 4. The van der Waals surface area contributed by atoms with Crippen molar-refractivity contribution in [2.24, 2.45) is 7.05 Å². The molecular formula is C6H7N5O2. The molecule has 0 spiro atoms. The van der Waals surface area contributed by atoms with E-state index in [1.54, 1.807) is 7.05 Å². The largest absolute Gasteiger partial charge is 0.369 e. The van der Waals surface area contributed by atoms with Crippen LogP contribution in [0.5, 0.6) is 0 Å². The van der Waals surface area contributed by atoms with Crippen LogP contribution in [0.4, 0.5) is 5.95 Å². The van der Waals surface area contributed by atoms with E-state index in [0.29, 0.717) is 5.65 Å². The Morgan fingerprint density at radius 3 is 2.77 bits per heavy atom. The molecule has 0 unspecified atom stereocenters. The van der Waals surface area contributed by atoms with E-state index in [2.05, 4.69) is 15.0 Å². The first-order valence-electron chi connectivity index (χ1n) is 3.54. The highest BCUT2D eigenvalue weighted by atomic mass is 16.1. The van der Waals surface area contributed by atoms with Crippen molar-refractivity contribution >= 4 is 17.1 Å². The molecule has 2 aromatic rings. The zero-order valence-electron chi connectivity index (χ0n) is 6.79. The summed E-state index contributed by atoms with van der Waals surface area (Å²) in [5.74, 6) is 0.0627. The quantitative estimate of drug-likeness (QED) is 0.461. The van der Waals surface area contributed by atoms with Gasteiger partial charge in [0, 0.05) is 7.05 Å². The van der Waals surface area contributed by atoms with E-state index in [9.17, 15) is 9.59 Å². The molecule has 0 aliphatic rings. The number of imidazole rings is 1. The van der Waals surface area contributed by atoms with Crippen LogP contribution in [-0.4, -0.2) is 19.5 Å². The van der Waals surface area contributed by atoms with Crippen molar-refractivity contribution in [1.82, 2.24) is 19.5 Å². The number of rotatable bonds is 0. The molecule has 0 aliphatic heterocycles. The fourth-order valence-corrected chi connectivity index (χ4v) is 1.13. The fraction of sp³-hybridized carbons (Fsp3) is 0.167. The first-order chi connectivity index (χ1) is 6.09. The van der Waals surface area contributed by atoms with E-state index in [0.717, 1.165) is 0 Å². The molecule has 13 heavy (non-hydrogen) atoms. The predicted octanol–water partition coefficient (Wildman–Crippen LogP) is -1.47. The Hall–Kier alpha value is -2.05. The van der Waals surface area contributed by atoms with Crippen LogP contribution in [-0.2, 0) is 7.05 Å². The van der Waals surface area contributed by atoms with Crippen LogP contribution in [0.25, 0.3) is 11.2 Å². The number of hydrogen-bond donors (Lipinski definition) is 3. The highest BCUT2D eigenvalue weighted by Gasteiger charge is 2.07. The molecule has 0 amide bonds. The summed E-state index contributed by atoms with van der Waals surface area (Å²) in [6.07, 6.45) is 0. The zero-order valence-corrected chi connectivity index (χ0v) is 6.79. The number of nitrogens with one attached hydrogen (secondary N) is 2. The van der Waals surface area contributed by atoms with Crippen LogP contribution < -0.4 is 17.0 Å². The lowest BCUT2D eigenvalue weighted by atomic mass is 10.5. The van der Waals surface area contributed by atoms with Gasteiger partial charge in [-0.3, -0.25) is 19.3 Å². The Balaban J connectivity index is 3.13. The van der Waals surface area contributed by atoms with Crippen molar-refractivity contribution in [3.63, 3.8) is 0 Å². The molecule has 2 heterocycles. The number of nitrogens with two attached hydrogens (primary N) is 1. The summed E-state index contributed by atoms with van der Waals surface area (Å²) in [7, 11) is 1.61. The SMILES string of the molecule is Cn1c(N)nc(=O)c2[nH]c(=O)[nH]c21. The Labute approximate surface area is 71.2 Å². The topological polar surface area (TPSA) is 110 Å². The average Bonchev–Trinajstić information content (AvgIpc) is 2.44. The number of H-pyrrole nitrogens is 2. The van der Waals surface area contributed by atoms with Crippen LogP contribution in [0.3, 0.4) is 0 Å². The molecule has 0 bridgehead atoms. The second kappa shape index (κ2) is 2.22. The minimum Gasteiger partial charge on any atom is -0.369 e. The summed E-state index contributed by atoms with van der Waals surface area (Å²) in [6.45, 7) is 0. The lowest BCUT2D eigenvalue weighted by molar-refractivity contribution is 0.906. The highest BCUT2D eigenvalue weighted by molar-refractivity contribution is 5.70. The maximum Gasteiger partial charge on any atom is 0.325 e. The van der Waals surface area contributed by atoms with Gasteiger partial charge in [-0.15, -0.1) is 0 Å². The van der Waals surface area contributed by atoms with E-state index >= 15 is 0 Å². The number of anilines is 1. The van der Waals surface area contributed by atoms with Gasteiger partial charge in [-0.1, -0.05) is 0 Å².